The van der Waals surface area contributed by atoms with Crippen molar-refractivity contribution in [3.8, 4) is 5.75 Å². The summed E-state index contributed by atoms with van der Waals surface area (Å²) >= 11 is 11.9. The zero-order valence-electron chi connectivity index (χ0n) is 13.6. The van der Waals surface area contributed by atoms with E-state index in [0.29, 0.717) is 28.9 Å². The summed E-state index contributed by atoms with van der Waals surface area (Å²) in [6.45, 7) is 1.17. The Bertz CT molecular complexity index is 669. The Kier molecular flexibility index (Phi) is 9.68. The van der Waals surface area contributed by atoms with E-state index in [1.165, 1.54) is 0 Å². The number of nitrogens with two attached hydrogens (primary N) is 1. The molecule has 1 unspecified atom stereocenters. The van der Waals surface area contributed by atoms with Gasteiger partial charge in [-0.15, -0.1) is 12.4 Å². The molecular weight excluding hydrogens is 383 g/mol. The Balaban J connectivity index is 0.00000312. The fourth-order valence-electron chi connectivity index (χ4n) is 2.16. The molecule has 0 spiro atoms. The number of hydrogen-bond acceptors (Lipinski definition) is 3. The second-order valence-corrected chi connectivity index (χ2v) is 6.09. The van der Waals surface area contributed by atoms with Gasteiger partial charge in [0.15, 0.2) is 0 Å². The molecule has 7 heteroatoms. The fourth-order valence-corrected chi connectivity index (χ4v) is 2.45. The van der Waals surface area contributed by atoms with Crippen LogP contribution in [0.1, 0.15) is 24.5 Å². The number of rotatable bonds is 8. The zero-order chi connectivity index (χ0) is 17.4. The van der Waals surface area contributed by atoms with Crippen LogP contribution >= 0.6 is 35.6 Å². The quantitative estimate of drug-likeness (QED) is 0.642. The number of nitrogens with one attached hydrogen (secondary N) is 1. The predicted molar refractivity (Wildman–Crippen MR) is 105 cm³/mol. The van der Waals surface area contributed by atoms with Gasteiger partial charge in [-0.2, -0.15) is 0 Å². The van der Waals surface area contributed by atoms with Gasteiger partial charge in [0, 0.05) is 18.2 Å². The minimum atomic E-state index is -0.763. The molecule has 0 aromatic heterocycles. The molecule has 0 fully saturated rings. The molecule has 0 aliphatic rings. The molecule has 0 aliphatic carbocycles. The maximum absolute atomic E-state index is 12.5. The molecule has 2 rings (SSSR count). The van der Waals surface area contributed by atoms with Crippen LogP contribution in [0.5, 0.6) is 5.75 Å². The maximum atomic E-state index is 12.5. The van der Waals surface area contributed by atoms with Crippen molar-refractivity contribution in [2.75, 3.05) is 13.1 Å². The van der Waals surface area contributed by atoms with Crippen LogP contribution in [-0.2, 0) is 4.79 Å². The normalized spacial score (nSPS) is 11.3. The predicted octanol–water partition coefficient (Wildman–Crippen LogP) is 4.39. The van der Waals surface area contributed by atoms with Gasteiger partial charge in [0.25, 0.3) is 5.91 Å². The van der Waals surface area contributed by atoms with Gasteiger partial charge < -0.3 is 15.8 Å². The highest BCUT2D eigenvalue weighted by atomic mass is 35.5. The first-order valence-electron chi connectivity index (χ1n) is 7.76. The Morgan fingerprint density at radius 2 is 1.80 bits per heavy atom. The molecule has 0 bridgehead atoms. The van der Waals surface area contributed by atoms with E-state index in [0.717, 1.165) is 18.4 Å². The van der Waals surface area contributed by atoms with Crippen LogP contribution < -0.4 is 15.8 Å². The van der Waals surface area contributed by atoms with Crippen molar-refractivity contribution < 1.29 is 9.53 Å². The van der Waals surface area contributed by atoms with Gasteiger partial charge >= 0.3 is 0 Å². The molecule has 1 amide bonds. The Hall–Kier alpha value is -1.46. The summed E-state index contributed by atoms with van der Waals surface area (Å²) in [6, 6.07) is 14.2. The standard InChI is InChI=1S/C18H20Cl2N2O2.ClH/c19-15-9-8-14(12-16(15)20)24-17(13-6-2-1-3-7-13)18(23)22-11-5-4-10-21;/h1-3,6-9,12,17H,4-5,10-11,21H2,(H,22,23);1H. The van der Waals surface area contributed by atoms with E-state index in [1.807, 2.05) is 30.3 Å². The first-order valence-corrected chi connectivity index (χ1v) is 8.52. The highest BCUT2D eigenvalue weighted by Crippen LogP contribution is 2.29. The lowest BCUT2D eigenvalue weighted by atomic mass is 10.1. The van der Waals surface area contributed by atoms with Crippen molar-refractivity contribution in [3.63, 3.8) is 0 Å². The summed E-state index contributed by atoms with van der Waals surface area (Å²) in [5, 5.41) is 3.70. The Labute approximate surface area is 164 Å². The summed E-state index contributed by atoms with van der Waals surface area (Å²) in [5.41, 5.74) is 6.23. The van der Waals surface area contributed by atoms with E-state index in [-0.39, 0.29) is 18.3 Å². The van der Waals surface area contributed by atoms with Gasteiger partial charge in [0.05, 0.1) is 10.0 Å². The minimum absolute atomic E-state index is 0. The molecule has 136 valence electrons. The number of halogens is 3. The molecule has 0 heterocycles. The molecule has 0 aliphatic heterocycles. The monoisotopic (exact) mass is 402 g/mol. The average molecular weight is 404 g/mol. The number of carbonyl (C=O) groups is 1. The summed E-state index contributed by atoms with van der Waals surface area (Å²) in [6.07, 6.45) is 0.932. The van der Waals surface area contributed by atoms with E-state index >= 15 is 0 Å². The van der Waals surface area contributed by atoms with E-state index in [4.69, 9.17) is 33.7 Å². The molecule has 25 heavy (non-hydrogen) atoms. The van der Waals surface area contributed by atoms with Crippen molar-refractivity contribution >= 4 is 41.5 Å². The molecule has 2 aromatic rings. The van der Waals surface area contributed by atoms with Gasteiger partial charge in [0.2, 0.25) is 6.10 Å². The van der Waals surface area contributed by atoms with Crippen LogP contribution in [0.15, 0.2) is 48.5 Å². The molecule has 4 nitrogen and oxygen atoms in total. The first kappa shape index (κ1) is 21.6. The van der Waals surface area contributed by atoms with E-state index in [9.17, 15) is 4.79 Å². The maximum Gasteiger partial charge on any atom is 0.265 e. The van der Waals surface area contributed by atoms with Crippen molar-refractivity contribution in [2.24, 2.45) is 5.73 Å². The topological polar surface area (TPSA) is 64.3 Å². The van der Waals surface area contributed by atoms with Gasteiger partial charge in [0.1, 0.15) is 5.75 Å². The van der Waals surface area contributed by atoms with Gasteiger partial charge in [-0.25, -0.2) is 0 Å². The van der Waals surface area contributed by atoms with E-state index in [2.05, 4.69) is 5.32 Å². The van der Waals surface area contributed by atoms with Crippen molar-refractivity contribution in [1.82, 2.24) is 5.32 Å². The van der Waals surface area contributed by atoms with Gasteiger partial charge in [-0.1, -0.05) is 53.5 Å². The third-order valence-corrected chi connectivity index (χ3v) is 4.15. The number of unbranched alkanes of at least 4 members (excludes halogenated alkanes) is 1. The van der Waals surface area contributed by atoms with Crippen molar-refractivity contribution in [2.45, 2.75) is 18.9 Å². The fraction of sp³-hybridized carbons (Fsp3) is 0.278. The smallest absolute Gasteiger partial charge is 0.265 e. The lowest BCUT2D eigenvalue weighted by Crippen LogP contribution is -2.33. The van der Waals surface area contributed by atoms with Crippen molar-refractivity contribution in [1.29, 1.82) is 0 Å². The third-order valence-electron chi connectivity index (χ3n) is 3.42. The average Bonchev–Trinajstić information content (AvgIpc) is 2.60. The van der Waals surface area contributed by atoms with Crippen LogP contribution in [0.25, 0.3) is 0 Å². The lowest BCUT2D eigenvalue weighted by molar-refractivity contribution is -0.128. The third kappa shape index (κ3) is 6.75. The number of amides is 1. The summed E-state index contributed by atoms with van der Waals surface area (Å²) in [7, 11) is 0. The second-order valence-electron chi connectivity index (χ2n) is 5.27. The number of hydrogen-bond donors (Lipinski definition) is 2. The molecule has 2 aromatic carbocycles. The molecule has 3 N–H and O–H groups in total. The van der Waals surface area contributed by atoms with Crippen LogP contribution in [0.3, 0.4) is 0 Å². The Morgan fingerprint density at radius 3 is 2.44 bits per heavy atom. The van der Waals surface area contributed by atoms with Crippen LogP contribution in [0.4, 0.5) is 0 Å². The number of carbonyl (C=O) groups excluding carboxylic acids is 1. The van der Waals surface area contributed by atoms with Gasteiger partial charge in [-0.3, -0.25) is 4.79 Å². The molecule has 0 radical (unpaired) electrons. The number of ether oxygens (including phenoxy) is 1. The zero-order valence-corrected chi connectivity index (χ0v) is 15.9. The summed E-state index contributed by atoms with van der Waals surface area (Å²) in [4.78, 5) is 12.5. The van der Waals surface area contributed by atoms with Crippen LogP contribution in [0.2, 0.25) is 10.0 Å². The lowest BCUT2D eigenvalue weighted by Gasteiger charge is -2.19. The molecule has 0 saturated heterocycles. The highest BCUT2D eigenvalue weighted by Gasteiger charge is 2.22. The molecule has 0 saturated carbocycles. The largest absolute Gasteiger partial charge is 0.476 e. The van der Waals surface area contributed by atoms with Gasteiger partial charge in [-0.05, 0) is 31.5 Å². The number of benzene rings is 2. The summed E-state index contributed by atoms with van der Waals surface area (Å²) < 4.78 is 5.88. The van der Waals surface area contributed by atoms with E-state index < -0.39 is 6.10 Å². The first-order chi connectivity index (χ1) is 11.6. The summed E-state index contributed by atoms with van der Waals surface area (Å²) in [5.74, 6) is 0.277. The van der Waals surface area contributed by atoms with Crippen LogP contribution in [0, 0.1) is 0 Å². The highest BCUT2D eigenvalue weighted by molar-refractivity contribution is 6.42. The molecule has 1 atom stereocenters. The SMILES string of the molecule is Cl.NCCCCNC(=O)C(Oc1ccc(Cl)c(Cl)c1)c1ccccc1. The minimum Gasteiger partial charge on any atom is -0.476 e. The van der Waals surface area contributed by atoms with E-state index in [1.54, 1.807) is 18.2 Å². The molecular formula is C18H21Cl3N2O2. The van der Waals surface area contributed by atoms with Crippen molar-refractivity contribution in [3.05, 3.63) is 64.1 Å². The second kappa shape index (κ2) is 11.2. The Morgan fingerprint density at radius 1 is 1.08 bits per heavy atom. The van der Waals surface area contributed by atoms with Crippen LogP contribution in [-0.4, -0.2) is 19.0 Å².